The van der Waals surface area contributed by atoms with Crippen molar-refractivity contribution in [1.29, 1.82) is 0 Å². The van der Waals surface area contributed by atoms with Crippen molar-refractivity contribution in [2.24, 2.45) is 5.73 Å². The summed E-state index contributed by atoms with van der Waals surface area (Å²) in [5.74, 6) is 0. The first kappa shape index (κ1) is 11.6. The lowest BCUT2D eigenvalue weighted by Crippen LogP contribution is -2.37. The van der Waals surface area contributed by atoms with E-state index in [9.17, 15) is 0 Å². The third-order valence-corrected chi connectivity index (χ3v) is 3.08. The van der Waals surface area contributed by atoms with Crippen molar-refractivity contribution in [3.63, 3.8) is 0 Å². The van der Waals surface area contributed by atoms with Gasteiger partial charge >= 0.3 is 0 Å². The smallest absolute Gasteiger partial charge is 0.0794 e. The molecule has 0 aliphatic carbocycles. The van der Waals surface area contributed by atoms with Crippen LogP contribution < -0.4 is 5.73 Å². The Bertz CT molecular complexity index is 238. The van der Waals surface area contributed by atoms with E-state index < -0.39 is 0 Å². The zero-order valence-electron chi connectivity index (χ0n) is 8.77. The maximum absolute atomic E-state index is 6.06. The van der Waals surface area contributed by atoms with Gasteiger partial charge in [0.15, 0.2) is 0 Å². The molecule has 0 radical (unpaired) electrons. The van der Waals surface area contributed by atoms with Gasteiger partial charge in [0, 0.05) is 30.6 Å². The molecular weight excluding hydrogens is 196 g/mol. The number of thiazole rings is 1. The fraction of sp³-hybridized carbons (Fsp3) is 0.700. The van der Waals surface area contributed by atoms with Gasteiger partial charge in [0.25, 0.3) is 0 Å². The van der Waals surface area contributed by atoms with Gasteiger partial charge in [-0.05, 0) is 6.42 Å². The molecule has 2 atom stereocenters. The molecule has 0 spiro atoms. The number of aromatic nitrogens is 1. The number of hydrogen-bond acceptors (Lipinski definition) is 4. The van der Waals surface area contributed by atoms with E-state index in [4.69, 9.17) is 10.5 Å². The highest BCUT2D eigenvalue weighted by Crippen LogP contribution is 2.13. The standard InChI is InChI=1S/C10H18N2OS/c1-3-4-10(13-2)9(11)5-8-6-12-7-14-8/h6-7,9-10H,3-5,11H2,1-2H3. The number of ether oxygens (including phenoxy) is 1. The summed E-state index contributed by atoms with van der Waals surface area (Å²) in [7, 11) is 1.73. The van der Waals surface area contributed by atoms with Crippen molar-refractivity contribution < 1.29 is 4.74 Å². The van der Waals surface area contributed by atoms with Crippen LogP contribution in [0.25, 0.3) is 0 Å². The summed E-state index contributed by atoms with van der Waals surface area (Å²) in [6, 6.07) is 0.0837. The monoisotopic (exact) mass is 214 g/mol. The van der Waals surface area contributed by atoms with E-state index in [1.165, 1.54) is 4.88 Å². The van der Waals surface area contributed by atoms with Gasteiger partial charge in [0.2, 0.25) is 0 Å². The molecule has 0 fully saturated rings. The van der Waals surface area contributed by atoms with Crippen molar-refractivity contribution in [1.82, 2.24) is 4.98 Å². The first-order chi connectivity index (χ1) is 6.77. The first-order valence-electron chi connectivity index (χ1n) is 4.93. The molecule has 0 aliphatic heterocycles. The molecule has 0 bridgehead atoms. The van der Waals surface area contributed by atoms with Gasteiger partial charge in [0.1, 0.15) is 0 Å². The van der Waals surface area contributed by atoms with Gasteiger partial charge in [-0.2, -0.15) is 0 Å². The summed E-state index contributed by atoms with van der Waals surface area (Å²) in [6.07, 6.45) is 5.04. The summed E-state index contributed by atoms with van der Waals surface area (Å²) in [5, 5.41) is 0. The minimum absolute atomic E-state index is 0.0837. The van der Waals surface area contributed by atoms with E-state index in [-0.39, 0.29) is 12.1 Å². The average molecular weight is 214 g/mol. The fourth-order valence-electron chi connectivity index (χ4n) is 1.50. The fourth-order valence-corrected chi connectivity index (χ4v) is 2.17. The van der Waals surface area contributed by atoms with Crippen molar-refractivity contribution in [3.8, 4) is 0 Å². The van der Waals surface area contributed by atoms with Crippen molar-refractivity contribution in [3.05, 3.63) is 16.6 Å². The molecule has 0 aromatic carbocycles. The predicted octanol–water partition coefficient (Wildman–Crippen LogP) is 1.83. The van der Waals surface area contributed by atoms with Gasteiger partial charge in [-0.1, -0.05) is 13.3 Å². The third-order valence-electron chi connectivity index (χ3n) is 2.27. The molecule has 0 amide bonds. The van der Waals surface area contributed by atoms with Gasteiger partial charge in [0.05, 0.1) is 11.6 Å². The second-order valence-electron chi connectivity index (χ2n) is 3.40. The molecule has 0 saturated heterocycles. The first-order valence-corrected chi connectivity index (χ1v) is 5.81. The van der Waals surface area contributed by atoms with Gasteiger partial charge in [-0.25, -0.2) is 0 Å². The van der Waals surface area contributed by atoms with Crippen molar-refractivity contribution in [2.45, 2.75) is 38.3 Å². The highest BCUT2D eigenvalue weighted by molar-refractivity contribution is 7.09. The van der Waals surface area contributed by atoms with E-state index in [0.717, 1.165) is 19.3 Å². The minimum Gasteiger partial charge on any atom is -0.380 e. The molecule has 1 rings (SSSR count). The molecule has 1 aromatic rings. The average Bonchev–Trinajstić information content (AvgIpc) is 2.66. The van der Waals surface area contributed by atoms with Crippen LogP contribution in [0.3, 0.4) is 0 Å². The van der Waals surface area contributed by atoms with Gasteiger partial charge in [-0.15, -0.1) is 11.3 Å². The lowest BCUT2D eigenvalue weighted by molar-refractivity contribution is 0.0729. The zero-order valence-corrected chi connectivity index (χ0v) is 9.59. The zero-order chi connectivity index (χ0) is 10.4. The molecule has 0 saturated carbocycles. The summed E-state index contributed by atoms with van der Waals surface area (Å²) in [4.78, 5) is 5.26. The van der Waals surface area contributed by atoms with Crippen molar-refractivity contribution >= 4 is 11.3 Å². The summed E-state index contributed by atoms with van der Waals surface area (Å²) >= 11 is 1.65. The molecule has 14 heavy (non-hydrogen) atoms. The molecule has 3 nitrogen and oxygen atoms in total. The van der Waals surface area contributed by atoms with Gasteiger partial charge < -0.3 is 10.5 Å². The Balaban J connectivity index is 2.43. The topological polar surface area (TPSA) is 48.1 Å². The molecule has 2 unspecified atom stereocenters. The SMILES string of the molecule is CCCC(OC)C(N)Cc1cncs1. The molecular formula is C10H18N2OS. The Morgan fingerprint density at radius 2 is 2.43 bits per heavy atom. The van der Waals surface area contributed by atoms with Crippen LogP contribution in [0.5, 0.6) is 0 Å². The Kier molecular flexibility index (Phi) is 5.07. The highest BCUT2D eigenvalue weighted by atomic mass is 32.1. The second kappa shape index (κ2) is 6.11. The Morgan fingerprint density at radius 1 is 1.64 bits per heavy atom. The van der Waals surface area contributed by atoms with Crippen molar-refractivity contribution in [2.75, 3.05) is 7.11 Å². The molecule has 4 heteroatoms. The number of hydrogen-bond donors (Lipinski definition) is 1. The Morgan fingerprint density at radius 3 is 2.93 bits per heavy atom. The largest absolute Gasteiger partial charge is 0.380 e. The van der Waals surface area contributed by atoms with Crippen LogP contribution in [0.2, 0.25) is 0 Å². The number of nitrogens with zero attached hydrogens (tertiary/aromatic N) is 1. The van der Waals surface area contributed by atoms with Crippen LogP contribution in [0, 0.1) is 0 Å². The van der Waals surface area contributed by atoms with Gasteiger partial charge in [-0.3, -0.25) is 4.98 Å². The van der Waals surface area contributed by atoms with Crippen LogP contribution in [0.15, 0.2) is 11.7 Å². The van der Waals surface area contributed by atoms with Crippen LogP contribution in [0.1, 0.15) is 24.6 Å². The predicted molar refractivity (Wildman–Crippen MR) is 59.5 cm³/mol. The minimum atomic E-state index is 0.0837. The number of rotatable bonds is 6. The van der Waals surface area contributed by atoms with Crippen LogP contribution in [-0.4, -0.2) is 24.2 Å². The maximum Gasteiger partial charge on any atom is 0.0794 e. The molecule has 80 valence electrons. The Labute approximate surface area is 89.3 Å². The maximum atomic E-state index is 6.06. The molecule has 1 aromatic heterocycles. The number of nitrogens with two attached hydrogens (primary N) is 1. The van der Waals surface area contributed by atoms with Crippen LogP contribution >= 0.6 is 11.3 Å². The van der Waals surface area contributed by atoms with Crippen LogP contribution in [0.4, 0.5) is 0 Å². The van der Waals surface area contributed by atoms with Crippen LogP contribution in [-0.2, 0) is 11.2 Å². The lowest BCUT2D eigenvalue weighted by atomic mass is 10.0. The summed E-state index contributed by atoms with van der Waals surface area (Å²) in [5.41, 5.74) is 7.90. The summed E-state index contributed by atoms with van der Waals surface area (Å²) < 4.78 is 5.36. The molecule has 0 aliphatic rings. The Hall–Kier alpha value is -0.450. The quantitative estimate of drug-likeness (QED) is 0.786. The third kappa shape index (κ3) is 3.36. The lowest BCUT2D eigenvalue weighted by Gasteiger charge is -2.21. The number of methoxy groups -OCH3 is 1. The van der Waals surface area contributed by atoms with E-state index in [0.29, 0.717) is 0 Å². The molecule has 2 N–H and O–H groups in total. The molecule has 1 heterocycles. The van der Waals surface area contributed by atoms with E-state index >= 15 is 0 Å². The van der Waals surface area contributed by atoms with E-state index in [1.807, 2.05) is 11.7 Å². The normalized spacial score (nSPS) is 15.4. The summed E-state index contributed by atoms with van der Waals surface area (Å²) in [6.45, 7) is 2.14. The highest BCUT2D eigenvalue weighted by Gasteiger charge is 2.16. The van der Waals surface area contributed by atoms with E-state index in [1.54, 1.807) is 18.4 Å². The second-order valence-corrected chi connectivity index (χ2v) is 4.37. The van der Waals surface area contributed by atoms with E-state index in [2.05, 4.69) is 11.9 Å².